The van der Waals surface area contributed by atoms with Crippen LogP contribution in [0.3, 0.4) is 0 Å². The Hall–Kier alpha value is 0.240. The fraction of sp³-hybridized carbons (Fsp3) is 0.778. The van der Waals surface area contributed by atoms with E-state index in [0.29, 0.717) is 17.1 Å². The average Bonchev–Trinajstić information content (AvgIpc) is 2.13. The maximum absolute atomic E-state index is 5.88. The normalized spacial score (nSPS) is 32.2. The third-order valence-electron chi connectivity index (χ3n) is 2.64. The first-order chi connectivity index (χ1) is 6.15. The van der Waals surface area contributed by atoms with Crippen molar-refractivity contribution in [3.8, 4) is 0 Å². The molecule has 2 atom stereocenters. The van der Waals surface area contributed by atoms with E-state index in [4.69, 9.17) is 23.2 Å². The van der Waals surface area contributed by atoms with Crippen LogP contribution in [0, 0.1) is 0 Å². The molecule has 0 aromatic rings. The fourth-order valence-electron chi connectivity index (χ4n) is 1.58. The summed E-state index contributed by atoms with van der Waals surface area (Å²) in [7, 11) is 0. The first-order valence-corrected chi connectivity index (χ1v) is 5.38. The minimum absolute atomic E-state index is 0.513. The molecular formula is C9H16Cl2N2. The van der Waals surface area contributed by atoms with Gasteiger partial charge in [0, 0.05) is 42.3 Å². The minimum atomic E-state index is 0.513. The van der Waals surface area contributed by atoms with E-state index in [2.05, 4.69) is 24.1 Å². The Morgan fingerprint density at radius 1 is 1.62 bits per heavy atom. The van der Waals surface area contributed by atoms with Crippen molar-refractivity contribution in [2.45, 2.75) is 25.9 Å². The van der Waals surface area contributed by atoms with Crippen LogP contribution in [0.1, 0.15) is 13.8 Å². The predicted molar refractivity (Wildman–Crippen MR) is 58.3 cm³/mol. The molecule has 1 aliphatic rings. The third kappa shape index (κ3) is 3.13. The second-order valence-electron chi connectivity index (χ2n) is 3.51. The van der Waals surface area contributed by atoms with Crippen molar-refractivity contribution in [1.82, 2.24) is 10.2 Å². The first kappa shape index (κ1) is 11.3. The zero-order valence-electron chi connectivity index (χ0n) is 8.06. The topological polar surface area (TPSA) is 15.3 Å². The molecule has 0 aromatic carbocycles. The lowest BCUT2D eigenvalue weighted by atomic mass is 10.1. The van der Waals surface area contributed by atoms with E-state index in [9.17, 15) is 0 Å². The van der Waals surface area contributed by atoms with Crippen LogP contribution in [0.15, 0.2) is 10.6 Å². The lowest BCUT2D eigenvalue weighted by Crippen LogP contribution is -2.55. The minimum Gasteiger partial charge on any atom is -0.311 e. The maximum Gasteiger partial charge on any atom is 0.0434 e. The molecule has 0 saturated carbocycles. The second kappa shape index (κ2) is 5.20. The van der Waals surface area contributed by atoms with E-state index in [1.807, 2.05) is 0 Å². The summed E-state index contributed by atoms with van der Waals surface area (Å²) in [4.78, 5) is 2.34. The van der Waals surface area contributed by atoms with Crippen molar-refractivity contribution < 1.29 is 0 Å². The van der Waals surface area contributed by atoms with Gasteiger partial charge in [-0.3, -0.25) is 4.90 Å². The van der Waals surface area contributed by atoms with E-state index >= 15 is 0 Å². The largest absolute Gasteiger partial charge is 0.311 e. The first-order valence-electron chi connectivity index (χ1n) is 4.57. The smallest absolute Gasteiger partial charge is 0.0434 e. The number of hydrogen-bond acceptors (Lipinski definition) is 2. The summed E-state index contributed by atoms with van der Waals surface area (Å²) >= 11 is 11.4. The molecular weight excluding hydrogens is 207 g/mol. The van der Waals surface area contributed by atoms with Crippen molar-refractivity contribution in [3.63, 3.8) is 0 Å². The summed E-state index contributed by atoms with van der Waals surface area (Å²) in [5, 5.41) is 4.13. The molecule has 1 heterocycles. The molecule has 1 aliphatic heterocycles. The van der Waals surface area contributed by atoms with E-state index in [1.54, 1.807) is 0 Å². The fourth-order valence-corrected chi connectivity index (χ4v) is 1.80. The maximum atomic E-state index is 5.88. The summed E-state index contributed by atoms with van der Waals surface area (Å²) in [6.45, 7) is 7.22. The number of hydrogen-bond donors (Lipinski definition) is 1. The van der Waals surface area contributed by atoms with Crippen LogP contribution in [0.2, 0.25) is 0 Å². The molecule has 0 amide bonds. The predicted octanol–water partition coefficient (Wildman–Crippen LogP) is 1.99. The van der Waals surface area contributed by atoms with Crippen LogP contribution in [-0.2, 0) is 0 Å². The summed E-state index contributed by atoms with van der Waals surface area (Å²) in [5.41, 5.74) is 1.45. The monoisotopic (exact) mass is 222 g/mol. The van der Waals surface area contributed by atoms with Gasteiger partial charge >= 0.3 is 0 Å². The van der Waals surface area contributed by atoms with Crippen molar-refractivity contribution >= 4 is 23.2 Å². The van der Waals surface area contributed by atoms with Gasteiger partial charge in [-0.15, -0.1) is 0 Å². The number of piperazine rings is 1. The van der Waals surface area contributed by atoms with Gasteiger partial charge in [-0.2, -0.15) is 0 Å². The van der Waals surface area contributed by atoms with Crippen LogP contribution in [0.5, 0.6) is 0 Å². The highest BCUT2D eigenvalue weighted by molar-refractivity contribution is 6.36. The Morgan fingerprint density at radius 2 is 2.31 bits per heavy atom. The van der Waals surface area contributed by atoms with E-state index in [0.717, 1.165) is 19.6 Å². The molecule has 1 saturated heterocycles. The molecule has 76 valence electrons. The summed E-state index contributed by atoms with van der Waals surface area (Å²) < 4.78 is 0. The molecule has 13 heavy (non-hydrogen) atoms. The highest BCUT2D eigenvalue weighted by atomic mass is 35.5. The van der Waals surface area contributed by atoms with Crippen LogP contribution in [-0.4, -0.2) is 36.6 Å². The van der Waals surface area contributed by atoms with Crippen LogP contribution >= 0.6 is 23.2 Å². The Kier molecular flexibility index (Phi) is 4.53. The molecule has 0 spiro atoms. The Morgan fingerprint density at radius 3 is 2.92 bits per heavy atom. The van der Waals surface area contributed by atoms with Gasteiger partial charge < -0.3 is 5.32 Å². The summed E-state index contributed by atoms with van der Waals surface area (Å²) in [5.74, 6) is 0. The molecule has 0 radical (unpaired) electrons. The van der Waals surface area contributed by atoms with Gasteiger partial charge in [-0.25, -0.2) is 0 Å². The van der Waals surface area contributed by atoms with Crippen LogP contribution < -0.4 is 5.32 Å². The lowest BCUT2D eigenvalue weighted by Gasteiger charge is -2.38. The van der Waals surface area contributed by atoms with Crippen molar-refractivity contribution in [3.05, 3.63) is 10.6 Å². The van der Waals surface area contributed by atoms with Gasteiger partial charge in [0.25, 0.3) is 0 Å². The number of rotatable bonds is 2. The molecule has 0 bridgehead atoms. The Bertz CT molecular complexity index is 194. The Labute approximate surface area is 89.9 Å². The standard InChI is InChI=1S/C9H16Cl2N2/c1-7-8(2)13(4-3-12-7)6-9(11)5-10/h5,7-8,12H,3-4,6H2,1-2H3/b9-5-. The van der Waals surface area contributed by atoms with Crippen LogP contribution in [0.4, 0.5) is 0 Å². The van der Waals surface area contributed by atoms with Crippen molar-refractivity contribution in [2.24, 2.45) is 0 Å². The zero-order chi connectivity index (χ0) is 9.84. The molecule has 2 unspecified atom stereocenters. The van der Waals surface area contributed by atoms with Gasteiger partial charge in [0.05, 0.1) is 0 Å². The van der Waals surface area contributed by atoms with Gasteiger partial charge in [0.2, 0.25) is 0 Å². The highest BCUT2D eigenvalue weighted by Gasteiger charge is 2.23. The quantitative estimate of drug-likeness (QED) is 0.770. The molecule has 0 aliphatic carbocycles. The average molecular weight is 223 g/mol. The van der Waals surface area contributed by atoms with Gasteiger partial charge in [-0.1, -0.05) is 23.2 Å². The highest BCUT2D eigenvalue weighted by Crippen LogP contribution is 2.13. The van der Waals surface area contributed by atoms with E-state index in [-0.39, 0.29) is 0 Å². The number of nitrogens with one attached hydrogen (secondary N) is 1. The van der Waals surface area contributed by atoms with Gasteiger partial charge in [-0.05, 0) is 13.8 Å². The number of nitrogens with zero attached hydrogens (tertiary/aromatic N) is 1. The SMILES string of the molecule is CC1NCCN(C/C(Cl)=C/Cl)C1C. The molecule has 2 nitrogen and oxygen atoms in total. The van der Waals surface area contributed by atoms with Crippen LogP contribution in [0.25, 0.3) is 0 Å². The molecule has 1 fully saturated rings. The van der Waals surface area contributed by atoms with Crippen molar-refractivity contribution in [1.29, 1.82) is 0 Å². The van der Waals surface area contributed by atoms with Gasteiger partial charge in [0.1, 0.15) is 0 Å². The zero-order valence-corrected chi connectivity index (χ0v) is 9.57. The molecule has 0 aromatic heterocycles. The summed E-state index contributed by atoms with van der Waals surface area (Å²) in [6, 6.07) is 1.03. The van der Waals surface area contributed by atoms with Gasteiger partial charge in [0.15, 0.2) is 0 Å². The third-order valence-corrected chi connectivity index (χ3v) is 3.24. The van der Waals surface area contributed by atoms with E-state index < -0.39 is 0 Å². The molecule has 1 N–H and O–H groups in total. The number of halogens is 2. The van der Waals surface area contributed by atoms with Crippen molar-refractivity contribution in [2.75, 3.05) is 19.6 Å². The second-order valence-corrected chi connectivity index (χ2v) is 4.21. The lowest BCUT2D eigenvalue weighted by molar-refractivity contribution is 0.153. The van der Waals surface area contributed by atoms with E-state index in [1.165, 1.54) is 5.54 Å². The Balaban J connectivity index is 2.48. The molecule has 4 heteroatoms. The summed E-state index contributed by atoms with van der Waals surface area (Å²) in [6.07, 6.45) is 0. The molecule has 1 rings (SSSR count).